The van der Waals surface area contributed by atoms with Gasteiger partial charge in [0.25, 0.3) is 10.1 Å². The summed E-state index contributed by atoms with van der Waals surface area (Å²) in [5, 5.41) is 13.9. The van der Waals surface area contributed by atoms with Crippen LogP contribution in [-0.2, 0) is 16.5 Å². The van der Waals surface area contributed by atoms with Gasteiger partial charge in [0.15, 0.2) is 0 Å². The lowest BCUT2D eigenvalue weighted by atomic mass is 9.77. The predicted molar refractivity (Wildman–Crippen MR) is 119 cm³/mol. The Balaban J connectivity index is 0.000000248. The topological polar surface area (TPSA) is 95.9 Å². The highest BCUT2D eigenvalue weighted by Gasteiger charge is 2.35. The zero-order chi connectivity index (χ0) is 22.4. The van der Waals surface area contributed by atoms with Crippen molar-refractivity contribution in [1.82, 2.24) is 5.32 Å². The van der Waals surface area contributed by atoms with E-state index in [0.29, 0.717) is 12.0 Å². The molecule has 1 aliphatic rings. The van der Waals surface area contributed by atoms with Crippen LogP contribution in [0.15, 0.2) is 53.4 Å². The standard InChI is InChI=1S/C16H25NO2.C7H8O3S/c1-16(2,18)14-5-4-10-17-15(14)11-12-6-8-13(19-3)9-7-12;1-6-2-4-7(5-3-6)11(8,9)10/h6-9,14-15,17-18H,4-5,10-11H2,1-3H3;2-5H,1H3,(H,8,9,10)/t14-,15-;/m1./s1. The van der Waals surface area contributed by atoms with E-state index in [1.807, 2.05) is 32.9 Å². The molecule has 0 unspecified atom stereocenters. The number of methoxy groups -OCH3 is 1. The van der Waals surface area contributed by atoms with Gasteiger partial charge < -0.3 is 15.2 Å². The molecule has 3 N–H and O–H groups in total. The molecule has 0 aromatic heterocycles. The second kappa shape index (κ2) is 10.4. The molecule has 3 rings (SSSR count). The molecule has 2 aromatic rings. The van der Waals surface area contributed by atoms with Crippen molar-refractivity contribution >= 4 is 10.1 Å². The summed E-state index contributed by atoms with van der Waals surface area (Å²) in [6.07, 6.45) is 3.20. The average Bonchev–Trinajstić information content (AvgIpc) is 2.68. The summed E-state index contributed by atoms with van der Waals surface area (Å²) in [5.41, 5.74) is 1.62. The SMILES string of the molecule is COc1ccc(C[C@H]2NCCC[C@H]2C(C)(C)O)cc1.Cc1ccc(S(=O)(=O)O)cc1. The largest absolute Gasteiger partial charge is 0.497 e. The Labute approximate surface area is 180 Å². The van der Waals surface area contributed by atoms with Crippen molar-refractivity contribution in [3.8, 4) is 5.75 Å². The molecule has 1 heterocycles. The molecule has 6 nitrogen and oxygen atoms in total. The van der Waals surface area contributed by atoms with Crippen molar-refractivity contribution in [2.45, 2.75) is 56.6 Å². The predicted octanol–water partition coefficient (Wildman–Crippen LogP) is 3.62. The van der Waals surface area contributed by atoms with Crippen molar-refractivity contribution in [2.24, 2.45) is 5.92 Å². The van der Waals surface area contributed by atoms with Gasteiger partial charge >= 0.3 is 0 Å². The molecule has 30 heavy (non-hydrogen) atoms. The number of aryl methyl sites for hydroxylation is 1. The fraction of sp³-hybridized carbons (Fsp3) is 0.478. The quantitative estimate of drug-likeness (QED) is 0.621. The van der Waals surface area contributed by atoms with Gasteiger partial charge in [-0.3, -0.25) is 4.55 Å². The molecule has 1 fully saturated rings. The minimum absolute atomic E-state index is 0.0666. The lowest BCUT2D eigenvalue weighted by Gasteiger charge is -2.40. The van der Waals surface area contributed by atoms with Gasteiger partial charge in [0.2, 0.25) is 0 Å². The van der Waals surface area contributed by atoms with E-state index in [1.54, 1.807) is 19.2 Å². The first-order chi connectivity index (χ1) is 14.0. The summed E-state index contributed by atoms with van der Waals surface area (Å²) in [5.74, 6) is 1.20. The molecule has 2 atom stereocenters. The fourth-order valence-electron chi connectivity index (χ4n) is 3.74. The van der Waals surface area contributed by atoms with Gasteiger partial charge in [-0.05, 0) is 76.4 Å². The highest BCUT2D eigenvalue weighted by atomic mass is 32.2. The third kappa shape index (κ3) is 7.40. The molecule has 0 aliphatic carbocycles. The van der Waals surface area contributed by atoms with Crippen molar-refractivity contribution in [1.29, 1.82) is 0 Å². The Bertz CT molecular complexity index is 887. The van der Waals surface area contributed by atoms with Gasteiger partial charge in [-0.15, -0.1) is 0 Å². The van der Waals surface area contributed by atoms with E-state index in [-0.39, 0.29) is 4.90 Å². The number of ether oxygens (including phenoxy) is 1. The summed E-state index contributed by atoms with van der Waals surface area (Å²) in [6, 6.07) is 14.5. The number of hydrogen-bond donors (Lipinski definition) is 3. The van der Waals surface area contributed by atoms with Crippen LogP contribution in [0.3, 0.4) is 0 Å². The molecule has 0 saturated carbocycles. The number of benzene rings is 2. The minimum atomic E-state index is -4.02. The summed E-state index contributed by atoms with van der Waals surface area (Å²) in [4.78, 5) is -0.0666. The van der Waals surface area contributed by atoms with E-state index >= 15 is 0 Å². The lowest BCUT2D eigenvalue weighted by molar-refractivity contribution is -0.0131. The van der Waals surface area contributed by atoms with Crippen LogP contribution in [0.5, 0.6) is 5.75 Å². The normalized spacial score (nSPS) is 19.5. The van der Waals surface area contributed by atoms with Crippen LogP contribution < -0.4 is 10.1 Å². The maximum Gasteiger partial charge on any atom is 0.294 e. The Morgan fingerprint density at radius 3 is 2.20 bits per heavy atom. The van der Waals surface area contributed by atoms with Gasteiger partial charge in [0, 0.05) is 12.0 Å². The summed E-state index contributed by atoms with van der Waals surface area (Å²) in [7, 11) is -2.34. The molecule has 1 saturated heterocycles. The Kier molecular flexibility index (Phi) is 8.43. The molecule has 0 bridgehead atoms. The molecule has 2 aromatic carbocycles. The maximum atomic E-state index is 10.5. The Hall–Kier alpha value is -1.93. The minimum Gasteiger partial charge on any atom is -0.497 e. The molecule has 1 aliphatic heterocycles. The van der Waals surface area contributed by atoms with Crippen LogP contribution >= 0.6 is 0 Å². The Morgan fingerprint density at radius 2 is 1.70 bits per heavy atom. The maximum absolute atomic E-state index is 10.5. The number of aliphatic hydroxyl groups is 1. The van der Waals surface area contributed by atoms with E-state index in [9.17, 15) is 13.5 Å². The lowest BCUT2D eigenvalue weighted by Crippen LogP contribution is -2.51. The van der Waals surface area contributed by atoms with E-state index in [0.717, 1.165) is 37.1 Å². The third-order valence-corrected chi connectivity index (χ3v) is 6.29. The van der Waals surface area contributed by atoms with Crippen LogP contribution in [0.1, 0.15) is 37.8 Å². The summed E-state index contributed by atoms with van der Waals surface area (Å²) >= 11 is 0. The van der Waals surface area contributed by atoms with Crippen LogP contribution in [-0.4, -0.2) is 43.4 Å². The second-order valence-corrected chi connectivity index (χ2v) is 9.72. The molecule has 0 radical (unpaired) electrons. The van der Waals surface area contributed by atoms with Gasteiger partial charge in [0.1, 0.15) is 5.75 Å². The van der Waals surface area contributed by atoms with Crippen LogP contribution in [0.25, 0.3) is 0 Å². The first kappa shape index (κ1) is 24.3. The van der Waals surface area contributed by atoms with Gasteiger partial charge in [-0.1, -0.05) is 29.8 Å². The van der Waals surface area contributed by atoms with Crippen LogP contribution in [0.2, 0.25) is 0 Å². The highest BCUT2D eigenvalue weighted by Crippen LogP contribution is 2.30. The molecular weight excluding hydrogens is 402 g/mol. The fourth-order valence-corrected chi connectivity index (χ4v) is 4.22. The molecule has 7 heteroatoms. The second-order valence-electron chi connectivity index (χ2n) is 8.30. The van der Waals surface area contributed by atoms with E-state index in [1.165, 1.54) is 17.7 Å². The monoisotopic (exact) mass is 435 g/mol. The first-order valence-electron chi connectivity index (χ1n) is 10.1. The van der Waals surface area contributed by atoms with Crippen molar-refractivity contribution in [2.75, 3.05) is 13.7 Å². The third-order valence-electron chi connectivity index (χ3n) is 5.43. The van der Waals surface area contributed by atoms with E-state index < -0.39 is 15.7 Å². The zero-order valence-electron chi connectivity index (χ0n) is 18.1. The number of piperidine rings is 1. The number of nitrogens with one attached hydrogen (secondary N) is 1. The highest BCUT2D eigenvalue weighted by molar-refractivity contribution is 7.85. The van der Waals surface area contributed by atoms with Gasteiger partial charge in [-0.2, -0.15) is 8.42 Å². The number of hydrogen-bond acceptors (Lipinski definition) is 5. The van der Waals surface area contributed by atoms with Crippen molar-refractivity contribution < 1.29 is 22.8 Å². The number of rotatable bonds is 5. The molecule has 0 amide bonds. The van der Waals surface area contributed by atoms with E-state index in [2.05, 4.69) is 17.4 Å². The summed E-state index contributed by atoms with van der Waals surface area (Å²) < 4.78 is 34.7. The Morgan fingerprint density at radius 1 is 1.10 bits per heavy atom. The van der Waals surface area contributed by atoms with Crippen LogP contribution in [0.4, 0.5) is 0 Å². The summed E-state index contributed by atoms with van der Waals surface area (Å²) in [6.45, 7) is 6.73. The first-order valence-corrected chi connectivity index (χ1v) is 11.6. The molecular formula is C23H33NO5S. The van der Waals surface area contributed by atoms with Gasteiger partial charge in [0.05, 0.1) is 17.6 Å². The van der Waals surface area contributed by atoms with Crippen LogP contribution in [0, 0.1) is 12.8 Å². The van der Waals surface area contributed by atoms with Crippen molar-refractivity contribution in [3.63, 3.8) is 0 Å². The average molecular weight is 436 g/mol. The zero-order valence-corrected chi connectivity index (χ0v) is 18.9. The van der Waals surface area contributed by atoms with E-state index in [4.69, 9.17) is 9.29 Å². The smallest absolute Gasteiger partial charge is 0.294 e. The van der Waals surface area contributed by atoms with Crippen molar-refractivity contribution in [3.05, 3.63) is 59.7 Å². The van der Waals surface area contributed by atoms with Gasteiger partial charge in [-0.25, -0.2) is 0 Å². The molecule has 166 valence electrons. The molecule has 0 spiro atoms.